The van der Waals surface area contributed by atoms with Crippen LogP contribution >= 0.6 is 0 Å². The zero-order valence-corrected chi connectivity index (χ0v) is 9.03. The maximum atomic E-state index is 11.3. The first kappa shape index (κ1) is 12.0. The van der Waals surface area contributed by atoms with E-state index in [-0.39, 0.29) is 18.4 Å². The number of amides is 1. The fourth-order valence-corrected chi connectivity index (χ4v) is 1.78. The molecule has 0 radical (unpaired) electrons. The highest BCUT2D eigenvalue weighted by atomic mass is 16.4. The molecule has 0 aromatic heterocycles. The topological polar surface area (TPSA) is 69.6 Å². The Hall–Kier alpha value is -1.10. The molecule has 5 nitrogen and oxygen atoms in total. The number of nitrogens with zero attached hydrogens (tertiary/aromatic N) is 1. The molecule has 15 heavy (non-hydrogen) atoms. The van der Waals surface area contributed by atoms with E-state index in [0.29, 0.717) is 13.1 Å². The average Bonchev–Trinajstić information content (AvgIpc) is 2.12. The Labute approximate surface area is 89.4 Å². The van der Waals surface area contributed by atoms with Gasteiger partial charge in [-0.25, -0.2) is 0 Å². The van der Waals surface area contributed by atoms with Gasteiger partial charge in [0.25, 0.3) is 0 Å². The second-order valence-electron chi connectivity index (χ2n) is 3.95. The van der Waals surface area contributed by atoms with Crippen molar-refractivity contribution < 1.29 is 14.7 Å². The molecule has 1 rings (SSSR count). The van der Waals surface area contributed by atoms with Gasteiger partial charge in [0.1, 0.15) is 0 Å². The molecule has 1 atom stereocenters. The summed E-state index contributed by atoms with van der Waals surface area (Å²) in [6, 6.07) is -0.236. The number of hydrogen-bond donors (Lipinski definition) is 2. The van der Waals surface area contributed by atoms with Crippen LogP contribution in [0.15, 0.2) is 0 Å². The van der Waals surface area contributed by atoms with Crippen LogP contribution in [-0.2, 0) is 9.59 Å². The molecular formula is C10H18N2O3. The monoisotopic (exact) mass is 214 g/mol. The quantitative estimate of drug-likeness (QED) is 0.679. The SMILES string of the molecule is CCCCN1CC(=O)NC(CC(=O)O)C1. The molecule has 0 bridgehead atoms. The lowest BCUT2D eigenvalue weighted by atomic mass is 10.1. The van der Waals surface area contributed by atoms with Crippen molar-refractivity contribution in [3.63, 3.8) is 0 Å². The molecule has 1 aliphatic rings. The lowest BCUT2D eigenvalue weighted by Gasteiger charge is -2.32. The summed E-state index contributed by atoms with van der Waals surface area (Å²) in [4.78, 5) is 23.8. The third-order valence-corrected chi connectivity index (χ3v) is 2.46. The van der Waals surface area contributed by atoms with Crippen LogP contribution in [-0.4, -0.2) is 47.6 Å². The van der Waals surface area contributed by atoms with E-state index in [9.17, 15) is 9.59 Å². The Kier molecular flexibility index (Phi) is 4.55. The average molecular weight is 214 g/mol. The maximum Gasteiger partial charge on any atom is 0.305 e. The zero-order valence-electron chi connectivity index (χ0n) is 9.03. The summed E-state index contributed by atoms with van der Waals surface area (Å²) in [5, 5.41) is 11.3. The summed E-state index contributed by atoms with van der Waals surface area (Å²) < 4.78 is 0. The molecule has 5 heteroatoms. The van der Waals surface area contributed by atoms with Crippen molar-refractivity contribution in [2.24, 2.45) is 0 Å². The van der Waals surface area contributed by atoms with Gasteiger partial charge in [0.2, 0.25) is 5.91 Å². The van der Waals surface area contributed by atoms with E-state index in [1.807, 2.05) is 4.90 Å². The minimum atomic E-state index is -0.863. The van der Waals surface area contributed by atoms with Crippen molar-refractivity contribution in [2.75, 3.05) is 19.6 Å². The van der Waals surface area contributed by atoms with Gasteiger partial charge in [-0.2, -0.15) is 0 Å². The van der Waals surface area contributed by atoms with Gasteiger partial charge in [-0.15, -0.1) is 0 Å². The molecule has 2 N–H and O–H groups in total. The van der Waals surface area contributed by atoms with Crippen LogP contribution < -0.4 is 5.32 Å². The number of aliphatic carboxylic acids is 1. The highest BCUT2D eigenvalue weighted by molar-refractivity contribution is 5.80. The Morgan fingerprint density at radius 2 is 2.40 bits per heavy atom. The van der Waals surface area contributed by atoms with Crippen LogP contribution in [0.4, 0.5) is 0 Å². The van der Waals surface area contributed by atoms with E-state index in [0.717, 1.165) is 19.4 Å². The van der Waals surface area contributed by atoms with Gasteiger partial charge in [0.05, 0.1) is 19.0 Å². The molecule has 0 spiro atoms. The van der Waals surface area contributed by atoms with Gasteiger partial charge in [0.15, 0.2) is 0 Å². The summed E-state index contributed by atoms with van der Waals surface area (Å²) in [6.45, 7) is 4.02. The van der Waals surface area contributed by atoms with Gasteiger partial charge >= 0.3 is 5.97 Å². The third-order valence-electron chi connectivity index (χ3n) is 2.46. The van der Waals surface area contributed by atoms with Crippen molar-refractivity contribution >= 4 is 11.9 Å². The van der Waals surface area contributed by atoms with E-state index in [2.05, 4.69) is 12.2 Å². The van der Waals surface area contributed by atoms with Crippen molar-refractivity contribution in [2.45, 2.75) is 32.2 Å². The number of carboxylic acid groups (broad SMARTS) is 1. The van der Waals surface area contributed by atoms with Crippen LogP contribution in [0.1, 0.15) is 26.2 Å². The predicted molar refractivity (Wildman–Crippen MR) is 55.5 cm³/mol. The van der Waals surface area contributed by atoms with E-state index in [4.69, 9.17) is 5.11 Å². The lowest BCUT2D eigenvalue weighted by Crippen LogP contribution is -2.54. The molecule has 1 fully saturated rings. The first-order chi connectivity index (χ1) is 7.11. The number of nitrogens with one attached hydrogen (secondary N) is 1. The summed E-state index contributed by atoms with van der Waals surface area (Å²) in [5.41, 5.74) is 0. The number of carbonyl (C=O) groups is 2. The molecule has 86 valence electrons. The predicted octanol–water partition coefficient (Wildman–Crippen LogP) is 0.0616. The summed E-state index contributed by atoms with van der Waals surface area (Å²) in [7, 11) is 0. The smallest absolute Gasteiger partial charge is 0.305 e. The number of unbranched alkanes of at least 4 members (excludes halogenated alkanes) is 1. The van der Waals surface area contributed by atoms with Gasteiger partial charge in [-0.1, -0.05) is 13.3 Å². The van der Waals surface area contributed by atoms with Crippen LogP contribution in [0, 0.1) is 0 Å². The Balaban J connectivity index is 2.40. The largest absolute Gasteiger partial charge is 0.481 e. The molecule has 1 unspecified atom stereocenters. The minimum absolute atomic E-state index is 0.00830. The minimum Gasteiger partial charge on any atom is -0.481 e. The summed E-state index contributed by atoms with van der Waals surface area (Å²) in [5.74, 6) is -0.929. The molecular weight excluding hydrogens is 196 g/mol. The Bertz CT molecular complexity index is 241. The summed E-state index contributed by atoms with van der Waals surface area (Å²) >= 11 is 0. The van der Waals surface area contributed by atoms with E-state index < -0.39 is 5.97 Å². The van der Waals surface area contributed by atoms with Crippen LogP contribution in [0.25, 0.3) is 0 Å². The molecule has 1 saturated heterocycles. The Morgan fingerprint density at radius 3 is 3.00 bits per heavy atom. The molecule has 1 heterocycles. The normalized spacial score (nSPS) is 22.5. The van der Waals surface area contributed by atoms with Gasteiger partial charge in [-0.3, -0.25) is 14.5 Å². The van der Waals surface area contributed by atoms with Gasteiger partial charge < -0.3 is 10.4 Å². The zero-order chi connectivity index (χ0) is 11.3. The highest BCUT2D eigenvalue weighted by Crippen LogP contribution is 2.05. The molecule has 0 aliphatic carbocycles. The van der Waals surface area contributed by atoms with Gasteiger partial charge in [-0.05, 0) is 13.0 Å². The third kappa shape index (κ3) is 4.29. The summed E-state index contributed by atoms with van der Waals surface area (Å²) in [6.07, 6.45) is 2.14. The fraction of sp³-hybridized carbons (Fsp3) is 0.800. The van der Waals surface area contributed by atoms with Crippen molar-refractivity contribution in [3.05, 3.63) is 0 Å². The second kappa shape index (κ2) is 5.70. The van der Waals surface area contributed by atoms with Crippen LogP contribution in [0.2, 0.25) is 0 Å². The standard InChI is InChI=1S/C10H18N2O3/c1-2-3-4-12-6-8(5-10(14)15)11-9(13)7-12/h8H,2-7H2,1H3,(H,11,13)(H,14,15). The molecule has 0 saturated carbocycles. The first-order valence-corrected chi connectivity index (χ1v) is 5.35. The molecule has 1 aliphatic heterocycles. The maximum absolute atomic E-state index is 11.3. The second-order valence-corrected chi connectivity index (χ2v) is 3.95. The van der Waals surface area contributed by atoms with Crippen LogP contribution in [0.3, 0.4) is 0 Å². The first-order valence-electron chi connectivity index (χ1n) is 5.35. The number of rotatable bonds is 5. The van der Waals surface area contributed by atoms with Crippen molar-refractivity contribution in [3.8, 4) is 0 Å². The lowest BCUT2D eigenvalue weighted by molar-refractivity contribution is -0.138. The van der Waals surface area contributed by atoms with Crippen molar-refractivity contribution in [1.82, 2.24) is 10.2 Å². The number of carboxylic acids is 1. The fourth-order valence-electron chi connectivity index (χ4n) is 1.78. The van der Waals surface area contributed by atoms with E-state index in [1.54, 1.807) is 0 Å². The number of hydrogen-bond acceptors (Lipinski definition) is 3. The highest BCUT2D eigenvalue weighted by Gasteiger charge is 2.25. The molecule has 1 amide bonds. The number of carbonyl (C=O) groups excluding carboxylic acids is 1. The van der Waals surface area contributed by atoms with E-state index >= 15 is 0 Å². The Morgan fingerprint density at radius 1 is 1.67 bits per heavy atom. The van der Waals surface area contributed by atoms with E-state index in [1.165, 1.54) is 0 Å². The molecule has 0 aromatic carbocycles. The molecule has 0 aromatic rings. The number of piperazine rings is 1. The van der Waals surface area contributed by atoms with Crippen molar-refractivity contribution in [1.29, 1.82) is 0 Å². The van der Waals surface area contributed by atoms with Crippen LogP contribution in [0.5, 0.6) is 0 Å². The van der Waals surface area contributed by atoms with Gasteiger partial charge in [0, 0.05) is 6.54 Å².